The number of anilines is 1. The van der Waals surface area contributed by atoms with Crippen molar-refractivity contribution in [2.24, 2.45) is 0 Å². The predicted octanol–water partition coefficient (Wildman–Crippen LogP) is 2.47. The number of carbonyl (C=O) groups excluding carboxylic acids is 1. The zero-order valence-corrected chi connectivity index (χ0v) is 10.4. The summed E-state index contributed by atoms with van der Waals surface area (Å²) in [6.45, 7) is 3.79. The Hall–Kier alpha value is -1.62. The van der Waals surface area contributed by atoms with E-state index in [0.717, 1.165) is 6.42 Å². The molecule has 1 fully saturated rings. The fourth-order valence-corrected chi connectivity index (χ4v) is 1.89. The Morgan fingerprint density at radius 1 is 1.50 bits per heavy atom. The molecule has 0 aliphatic carbocycles. The Labute approximate surface area is 106 Å². The van der Waals surface area contributed by atoms with Gasteiger partial charge in [0, 0.05) is 18.8 Å². The number of nitrogens with zero attached hydrogens (tertiary/aromatic N) is 1. The van der Waals surface area contributed by atoms with E-state index in [-0.39, 0.29) is 18.0 Å². The number of urea groups is 1. The van der Waals surface area contributed by atoms with E-state index in [1.165, 1.54) is 12.1 Å². The zero-order chi connectivity index (χ0) is 13.0. The lowest BCUT2D eigenvalue weighted by Crippen LogP contribution is -2.47. The molecule has 5 heteroatoms. The number of amides is 2. The maximum absolute atomic E-state index is 12.7. The molecule has 1 heterocycles. The van der Waals surface area contributed by atoms with Crippen LogP contribution < -0.4 is 5.32 Å². The number of rotatable bonds is 2. The van der Waals surface area contributed by atoms with Crippen molar-refractivity contribution in [2.75, 3.05) is 25.0 Å². The van der Waals surface area contributed by atoms with Gasteiger partial charge in [-0.1, -0.05) is 6.92 Å². The number of hydrogen-bond donors (Lipinski definition) is 1. The molecule has 4 nitrogen and oxygen atoms in total. The Morgan fingerprint density at radius 3 is 2.89 bits per heavy atom. The molecule has 0 spiro atoms. The van der Waals surface area contributed by atoms with Gasteiger partial charge in [0.2, 0.25) is 0 Å². The predicted molar refractivity (Wildman–Crippen MR) is 67.0 cm³/mol. The average Bonchev–Trinajstić information content (AvgIpc) is 2.41. The molecule has 1 N–H and O–H groups in total. The third-order valence-electron chi connectivity index (χ3n) is 2.98. The lowest BCUT2D eigenvalue weighted by atomic mass is 10.2. The first kappa shape index (κ1) is 12.8. The van der Waals surface area contributed by atoms with Crippen LogP contribution in [0.2, 0.25) is 0 Å². The summed E-state index contributed by atoms with van der Waals surface area (Å²) < 4.78 is 18.2. The second-order valence-corrected chi connectivity index (χ2v) is 4.28. The highest BCUT2D eigenvalue weighted by molar-refractivity contribution is 5.89. The minimum Gasteiger partial charge on any atom is -0.375 e. The molecule has 1 atom stereocenters. The van der Waals surface area contributed by atoms with Crippen LogP contribution in [0.25, 0.3) is 0 Å². The van der Waals surface area contributed by atoms with Crippen LogP contribution in [-0.2, 0) is 4.74 Å². The summed E-state index contributed by atoms with van der Waals surface area (Å²) in [7, 11) is 0. The Balaban J connectivity index is 1.93. The minimum atomic E-state index is -0.314. The molecule has 2 rings (SSSR count). The van der Waals surface area contributed by atoms with Crippen molar-refractivity contribution < 1.29 is 13.9 Å². The van der Waals surface area contributed by atoms with Crippen LogP contribution >= 0.6 is 0 Å². The van der Waals surface area contributed by atoms with Crippen molar-refractivity contribution in [2.45, 2.75) is 19.4 Å². The molecule has 0 radical (unpaired) electrons. The third-order valence-corrected chi connectivity index (χ3v) is 2.98. The zero-order valence-electron chi connectivity index (χ0n) is 10.4. The number of carbonyl (C=O) groups is 1. The van der Waals surface area contributed by atoms with Crippen molar-refractivity contribution in [1.82, 2.24) is 4.90 Å². The van der Waals surface area contributed by atoms with Gasteiger partial charge in [0.05, 0.1) is 12.7 Å². The van der Waals surface area contributed by atoms with Crippen LogP contribution in [0.5, 0.6) is 0 Å². The first-order valence-corrected chi connectivity index (χ1v) is 6.12. The fraction of sp³-hybridized carbons (Fsp3) is 0.462. The van der Waals surface area contributed by atoms with Crippen LogP contribution in [-0.4, -0.2) is 36.7 Å². The normalized spacial score (nSPS) is 19.7. The van der Waals surface area contributed by atoms with E-state index in [4.69, 9.17) is 4.74 Å². The first-order valence-electron chi connectivity index (χ1n) is 6.12. The van der Waals surface area contributed by atoms with Gasteiger partial charge in [-0.2, -0.15) is 0 Å². The first-order chi connectivity index (χ1) is 8.69. The Morgan fingerprint density at radius 2 is 2.22 bits per heavy atom. The summed E-state index contributed by atoms with van der Waals surface area (Å²) in [4.78, 5) is 13.7. The third kappa shape index (κ3) is 3.20. The number of hydrogen-bond acceptors (Lipinski definition) is 2. The largest absolute Gasteiger partial charge is 0.375 e. The number of benzene rings is 1. The molecule has 1 aliphatic rings. The monoisotopic (exact) mass is 252 g/mol. The molecule has 1 saturated heterocycles. The van der Waals surface area contributed by atoms with Gasteiger partial charge in [0.25, 0.3) is 0 Å². The summed E-state index contributed by atoms with van der Waals surface area (Å²) >= 11 is 0. The van der Waals surface area contributed by atoms with Gasteiger partial charge in [-0.3, -0.25) is 0 Å². The number of halogens is 1. The quantitative estimate of drug-likeness (QED) is 0.878. The van der Waals surface area contributed by atoms with E-state index in [9.17, 15) is 9.18 Å². The smallest absolute Gasteiger partial charge is 0.322 e. The van der Waals surface area contributed by atoms with Gasteiger partial charge >= 0.3 is 6.03 Å². The van der Waals surface area contributed by atoms with E-state index in [1.54, 1.807) is 17.0 Å². The topological polar surface area (TPSA) is 41.6 Å². The van der Waals surface area contributed by atoms with E-state index in [0.29, 0.717) is 25.4 Å². The molecule has 1 aliphatic heterocycles. The molecule has 1 aromatic rings. The fourth-order valence-electron chi connectivity index (χ4n) is 1.89. The second kappa shape index (κ2) is 5.82. The molecule has 2 amide bonds. The molecular weight excluding hydrogens is 235 g/mol. The van der Waals surface area contributed by atoms with Crippen molar-refractivity contribution in [3.8, 4) is 0 Å². The molecule has 1 aromatic carbocycles. The average molecular weight is 252 g/mol. The van der Waals surface area contributed by atoms with Gasteiger partial charge in [-0.25, -0.2) is 9.18 Å². The van der Waals surface area contributed by atoms with Crippen LogP contribution in [0.3, 0.4) is 0 Å². The highest BCUT2D eigenvalue weighted by atomic mass is 19.1. The molecule has 0 aromatic heterocycles. The summed E-state index contributed by atoms with van der Waals surface area (Å²) in [5.41, 5.74) is 0.598. The highest BCUT2D eigenvalue weighted by Crippen LogP contribution is 2.12. The second-order valence-electron chi connectivity index (χ2n) is 4.28. The van der Waals surface area contributed by atoms with Gasteiger partial charge in [-0.15, -0.1) is 0 Å². The molecule has 1 unspecified atom stereocenters. The number of morpholine rings is 1. The van der Waals surface area contributed by atoms with Gasteiger partial charge in [-0.05, 0) is 30.7 Å². The molecule has 0 saturated carbocycles. The van der Waals surface area contributed by atoms with E-state index in [2.05, 4.69) is 5.32 Å². The van der Waals surface area contributed by atoms with E-state index >= 15 is 0 Å². The van der Waals surface area contributed by atoms with Gasteiger partial charge in [0.15, 0.2) is 0 Å². The molecule has 18 heavy (non-hydrogen) atoms. The summed E-state index contributed by atoms with van der Waals surface area (Å²) in [6.07, 6.45) is 0.998. The maximum Gasteiger partial charge on any atom is 0.322 e. The van der Waals surface area contributed by atoms with Crippen LogP contribution in [0.15, 0.2) is 24.3 Å². The van der Waals surface area contributed by atoms with E-state index < -0.39 is 0 Å². The van der Waals surface area contributed by atoms with Crippen LogP contribution in [0.4, 0.5) is 14.9 Å². The summed E-state index contributed by atoms with van der Waals surface area (Å²) in [6, 6.07) is 5.58. The lowest BCUT2D eigenvalue weighted by molar-refractivity contribution is -0.0134. The standard InChI is InChI=1S/C13H17FN2O2/c1-2-12-9-16(7-8-18-12)13(17)15-11-5-3-10(14)4-6-11/h3-6,12H,2,7-9H2,1H3,(H,15,17). The Bertz CT molecular complexity index is 408. The van der Waals surface area contributed by atoms with Gasteiger partial charge in [0.1, 0.15) is 5.82 Å². The number of ether oxygens (including phenoxy) is 1. The summed E-state index contributed by atoms with van der Waals surface area (Å²) in [5.74, 6) is -0.314. The Kier molecular flexibility index (Phi) is 4.15. The summed E-state index contributed by atoms with van der Waals surface area (Å²) in [5, 5.41) is 2.75. The van der Waals surface area contributed by atoms with Crippen LogP contribution in [0, 0.1) is 5.82 Å². The number of nitrogens with one attached hydrogen (secondary N) is 1. The SMILES string of the molecule is CCC1CN(C(=O)Nc2ccc(F)cc2)CCO1. The molecule has 0 bridgehead atoms. The van der Waals surface area contributed by atoms with E-state index in [1.807, 2.05) is 6.92 Å². The van der Waals surface area contributed by atoms with Crippen molar-refractivity contribution in [3.63, 3.8) is 0 Å². The highest BCUT2D eigenvalue weighted by Gasteiger charge is 2.22. The minimum absolute atomic E-state index is 0.109. The maximum atomic E-state index is 12.7. The van der Waals surface area contributed by atoms with Gasteiger partial charge < -0.3 is 15.0 Å². The van der Waals surface area contributed by atoms with Crippen molar-refractivity contribution in [1.29, 1.82) is 0 Å². The lowest BCUT2D eigenvalue weighted by Gasteiger charge is -2.32. The molecule has 98 valence electrons. The molecular formula is C13H17FN2O2. The van der Waals surface area contributed by atoms with Crippen molar-refractivity contribution in [3.05, 3.63) is 30.1 Å². The van der Waals surface area contributed by atoms with Crippen LogP contribution in [0.1, 0.15) is 13.3 Å². The van der Waals surface area contributed by atoms with Crippen molar-refractivity contribution >= 4 is 11.7 Å².